The first kappa shape index (κ1) is 14.2. The van der Waals surface area contributed by atoms with Crippen molar-refractivity contribution < 1.29 is 4.74 Å². The smallest absolute Gasteiger partial charge is 0.0685 e. The average molecular weight is 283 g/mol. The van der Waals surface area contributed by atoms with Gasteiger partial charge >= 0.3 is 0 Å². The Morgan fingerprint density at radius 2 is 2.00 bits per heavy atom. The van der Waals surface area contributed by atoms with E-state index in [-0.39, 0.29) is 5.60 Å². The molecule has 0 radical (unpaired) electrons. The lowest BCUT2D eigenvalue weighted by Gasteiger charge is -2.44. The van der Waals surface area contributed by atoms with Crippen LogP contribution in [0, 0.1) is 5.92 Å². The highest BCUT2D eigenvalue weighted by atomic mass is 32.2. The maximum atomic E-state index is 6.20. The zero-order chi connectivity index (χ0) is 13.1. The maximum absolute atomic E-state index is 6.20. The van der Waals surface area contributed by atoms with Crippen molar-refractivity contribution >= 4 is 11.8 Å². The third-order valence-corrected chi connectivity index (χ3v) is 6.98. The van der Waals surface area contributed by atoms with E-state index >= 15 is 0 Å². The summed E-state index contributed by atoms with van der Waals surface area (Å²) in [6, 6.07) is 0.715. The second kappa shape index (κ2) is 6.36. The minimum atomic E-state index is 0.275. The molecule has 0 aromatic rings. The van der Waals surface area contributed by atoms with Crippen molar-refractivity contribution in [1.82, 2.24) is 5.32 Å². The van der Waals surface area contributed by atoms with Crippen LogP contribution in [0.2, 0.25) is 0 Å². The lowest BCUT2D eigenvalue weighted by molar-refractivity contribution is -0.0977. The fraction of sp³-hybridized carbons (Fsp3) is 1.00. The number of ether oxygens (including phenoxy) is 1. The van der Waals surface area contributed by atoms with Gasteiger partial charge in [-0.25, -0.2) is 0 Å². The summed E-state index contributed by atoms with van der Waals surface area (Å²) < 4.78 is 6.20. The summed E-state index contributed by atoms with van der Waals surface area (Å²) in [5, 5.41) is 4.52. The van der Waals surface area contributed by atoms with Crippen LogP contribution in [0.4, 0.5) is 0 Å². The molecule has 0 aromatic carbocycles. The molecule has 110 valence electrons. The minimum Gasteiger partial charge on any atom is -0.375 e. The zero-order valence-corrected chi connectivity index (χ0v) is 13.1. The summed E-state index contributed by atoms with van der Waals surface area (Å²) in [7, 11) is 2.18. The topological polar surface area (TPSA) is 21.3 Å². The van der Waals surface area contributed by atoms with Crippen molar-refractivity contribution in [1.29, 1.82) is 0 Å². The van der Waals surface area contributed by atoms with Crippen molar-refractivity contribution in [2.75, 3.05) is 19.4 Å². The lowest BCUT2D eigenvalue weighted by atomic mass is 9.79. The van der Waals surface area contributed by atoms with Crippen molar-refractivity contribution in [3.8, 4) is 0 Å². The van der Waals surface area contributed by atoms with Crippen molar-refractivity contribution in [3.63, 3.8) is 0 Å². The summed E-state index contributed by atoms with van der Waals surface area (Å²) in [5.41, 5.74) is 0.275. The Hall–Kier alpha value is 0.270. The average Bonchev–Trinajstić information content (AvgIpc) is 2.89. The van der Waals surface area contributed by atoms with Crippen LogP contribution in [0.15, 0.2) is 0 Å². The van der Waals surface area contributed by atoms with Gasteiger partial charge in [0.25, 0.3) is 0 Å². The summed E-state index contributed by atoms with van der Waals surface area (Å²) in [6.45, 7) is 1.00. The van der Waals surface area contributed by atoms with Crippen molar-refractivity contribution in [3.05, 3.63) is 0 Å². The Morgan fingerprint density at radius 3 is 2.68 bits per heavy atom. The van der Waals surface area contributed by atoms with Crippen LogP contribution in [0.5, 0.6) is 0 Å². The molecule has 3 aliphatic rings. The molecule has 3 rings (SSSR count). The van der Waals surface area contributed by atoms with Crippen molar-refractivity contribution in [2.45, 2.75) is 74.7 Å². The molecular weight excluding hydrogens is 254 g/mol. The largest absolute Gasteiger partial charge is 0.375 e. The van der Waals surface area contributed by atoms with Gasteiger partial charge in [0.2, 0.25) is 0 Å². The predicted molar refractivity (Wildman–Crippen MR) is 82.8 cm³/mol. The van der Waals surface area contributed by atoms with E-state index in [9.17, 15) is 0 Å². The first-order valence-electron chi connectivity index (χ1n) is 8.26. The van der Waals surface area contributed by atoms with Gasteiger partial charge in [-0.2, -0.15) is 11.8 Å². The monoisotopic (exact) mass is 283 g/mol. The van der Waals surface area contributed by atoms with Gasteiger partial charge in [0.15, 0.2) is 0 Å². The number of rotatable bonds is 3. The first-order valence-corrected chi connectivity index (χ1v) is 9.31. The molecular formula is C16H29NOS. The molecule has 0 bridgehead atoms. The maximum Gasteiger partial charge on any atom is 0.0685 e. The van der Waals surface area contributed by atoms with Gasteiger partial charge in [-0.3, -0.25) is 0 Å². The number of hydrogen-bond acceptors (Lipinski definition) is 3. The van der Waals surface area contributed by atoms with Gasteiger partial charge in [0.1, 0.15) is 0 Å². The van der Waals surface area contributed by atoms with Crippen LogP contribution < -0.4 is 5.32 Å². The molecule has 0 amide bonds. The third kappa shape index (κ3) is 3.14. The van der Waals surface area contributed by atoms with Crippen LogP contribution in [0.3, 0.4) is 0 Å². The first-order chi connectivity index (χ1) is 9.33. The molecule has 2 saturated heterocycles. The van der Waals surface area contributed by atoms with Gasteiger partial charge in [0.05, 0.1) is 5.60 Å². The van der Waals surface area contributed by atoms with Crippen molar-refractivity contribution in [2.24, 2.45) is 5.92 Å². The second-order valence-corrected chi connectivity index (χ2v) is 8.06. The normalized spacial score (nSPS) is 36.5. The summed E-state index contributed by atoms with van der Waals surface area (Å²) >= 11 is 2.22. The van der Waals surface area contributed by atoms with E-state index in [2.05, 4.69) is 24.1 Å². The molecule has 1 N–H and O–H groups in total. The lowest BCUT2D eigenvalue weighted by Crippen LogP contribution is -2.49. The summed E-state index contributed by atoms with van der Waals surface area (Å²) in [6.07, 6.45) is 12.3. The number of hydrogen-bond donors (Lipinski definition) is 1. The molecule has 3 heteroatoms. The molecule has 19 heavy (non-hydrogen) atoms. The molecule has 3 fully saturated rings. The molecule has 3 atom stereocenters. The molecule has 2 nitrogen and oxygen atoms in total. The van der Waals surface area contributed by atoms with Gasteiger partial charge in [-0.05, 0) is 57.2 Å². The molecule has 1 saturated carbocycles. The van der Waals surface area contributed by atoms with Crippen LogP contribution >= 0.6 is 11.8 Å². The standard InChI is InChI=1S/C16H29NOS/c1-17-15(14-6-2-5-11-19-14)13-7-10-18-16(12-13)8-3-4-9-16/h13-15,17H,2-12H2,1H3. The molecule has 0 aromatic heterocycles. The van der Waals surface area contributed by atoms with E-state index in [0.29, 0.717) is 6.04 Å². The molecule has 3 unspecified atom stereocenters. The highest BCUT2D eigenvalue weighted by Gasteiger charge is 2.43. The number of thioether (sulfide) groups is 1. The summed E-state index contributed by atoms with van der Waals surface area (Å²) in [4.78, 5) is 0. The Labute approximate surface area is 122 Å². The predicted octanol–water partition coefficient (Wildman–Crippen LogP) is 3.60. The highest BCUT2D eigenvalue weighted by Crippen LogP contribution is 2.44. The SMILES string of the molecule is CNC(C1CCOC2(CCCC2)C1)C1CCCCS1. The quantitative estimate of drug-likeness (QED) is 0.855. The van der Waals surface area contributed by atoms with Gasteiger partial charge < -0.3 is 10.1 Å². The van der Waals surface area contributed by atoms with Gasteiger partial charge in [-0.15, -0.1) is 0 Å². The Kier molecular flexibility index (Phi) is 4.76. The molecule has 1 aliphatic carbocycles. The Morgan fingerprint density at radius 1 is 1.16 bits per heavy atom. The van der Waals surface area contributed by atoms with Gasteiger partial charge in [-0.1, -0.05) is 19.3 Å². The molecule has 1 spiro atoms. The van der Waals surface area contributed by atoms with Crippen LogP contribution in [0.25, 0.3) is 0 Å². The van der Waals surface area contributed by atoms with E-state index in [4.69, 9.17) is 4.74 Å². The number of nitrogens with one attached hydrogen (secondary N) is 1. The van der Waals surface area contributed by atoms with E-state index in [0.717, 1.165) is 17.8 Å². The van der Waals surface area contributed by atoms with E-state index in [1.807, 2.05) is 0 Å². The Balaban J connectivity index is 1.64. The molecule has 2 heterocycles. The van der Waals surface area contributed by atoms with Crippen LogP contribution in [-0.4, -0.2) is 36.3 Å². The van der Waals surface area contributed by atoms with E-state index in [1.165, 1.54) is 63.5 Å². The molecule has 2 aliphatic heterocycles. The highest BCUT2D eigenvalue weighted by molar-refractivity contribution is 8.00. The zero-order valence-electron chi connectivity index (χ0n) is 12.3. The Bertz CT molecular complexity index is 284. The van der Waals surface area contributed by atoms with Crippen LogP contribution in [-0.2, 0) is 4.74 Å². The van der Waals surface area contributed by atoms with Crippen LogP contribution in [0.1, 0.15) is 57.8 Å². The third-order valence-electron chi connectivity index (χ3n) is 5.50. The van der Waals surface area contributed by atoms with E-state index < -0.39 is 0 Å². The fourth-order valence-corrected chi connectivity index (χ4v) is 6.09. The van der Waals surface area contributed by atoms with Gasteiger partial charge in [0, 0.05) is 17.9 Å². The minimum absolute atomic E-state index is 0.275. The second-order valence-electron chi connectivity index (χ2n) is 6.71. The van der Waals surface area contributed by atoms with E-state index in [1.54, 1.807) is 0 Å². The fourth-order valence-electron chi connectivity index (χ4n) is 4.51. The summed E-state index contributed by atoms with van der Waals surface area (Å²) in [5.74, 6) is 2.21.